The van der Waals surface area contributed by atoms with Crippen LogP contribution in [0.15, 0.2) is 36.5 Å². The van der Waals surface area contributed by atoms with Crippen LogP contribution in [-0.4, -0.2) is 29.0 Å². The van der Waals surface area contributed by atoms with Crippen molar-refractivity contribution in [1.29, 1.82) is 0 Å². The average molecular weight is 330 g/mol. The summed E-state index contributed by atoms with van der Waals surface area (Å²) in [4.78, 5) is 16.8. The highest BCUT2D eigenvalue weighted by Crippen LogP contribution is 2.25. The van der Waals surface area contributed by atoms with Gasteiger partial charge in [0, 0.05) is 24.7 Å². The first kappa shape index (κ1) is 16.2. The number of pyridine rings is 1. The number of aromatic nitrogens is 1. The van der Waals surface area contributed by atoms with Crippen LogP contribution in [0.25, 0.3) is 0 Å². The topological polar surface area (TPSA) is 71.3 Å². The Morgan fingerprint density at radius 2 is 2.04 bits per heavy atom. The third kappa shape index (κ3) is 3.45. The molecule has 126 valence electrons. The van der Waals surface area contributed by atoms with Gasteiger partial charge in [-0.3, -0.25) is 10.1 Å². The molecule has 0 aliphatic carbocycles. The number of aryl methyl sites for hydroxylation is 1. The largest absolute Gasteiger partial charge is 0.380 e. The fourth-order valence-corrected chi connectivity index (χ4v) is 2.95. The second kappa shape index (κ2) is 6.82. The first-order valence-electron chi connectivity index (χ1n) is 7.91. The van der Waals surface area contributed by atoms with Crippen LogP contribution in [0.4, 0.5) is 21.6 Å². The SMILES string of the molecule is Cc1cc(N2CCC(Nc3ccccc3F)CC2)ncc1[N+](=O)[O-]. The van der Waals surface area contributed by atoms with Crippen LogP contribution >= 0.6 is 0 Å². The maximum Gasteiger partial charge on any atom is 0.290 e. The van der Waals surface area contributed by atoms with Crippen molar-refractivity contribution >= 4 is 17.2 Å². The van der Waals surface area contributed by atoms with Gasteiger partial charge in [0.15, 0.2) is 0 Å². The van der Waals surface area contributed by atoms with Crippen LogP contribution in [0.2, 0.25) is 0 Å². The second-order valence-electron chi connectivity index (χ2n) is 5.97. The molecule has 1 aromatic carbocycles. The minimum Gasteiger partial charge on any atom is -0.380 e. The first-order valence-corrected chi connectivity index (χ1v) is 7.91. The number of hydrogen-bond donors (Lipinski definition) is 1. The van der Waals surface area contributed by atoms with Gasteiger partial charge in [-0.05, 0) is 38.0 Å². The fraction of sp³-hybridized carbons (Fsp3) is 0.353. The monoisotopic (exact) mass is 330 g/mol. The van der Waals surface area contributed by atoms with Gasteiger partial charge in [-0.25, -0.2) is 9.37 Å². The van der Waals surface area contributed by atoms with E-state index in [0.29, 0.717) is 11.3 Å². The normalized spacial score (nSPS) is 15.3. The summed E-state index contributed by atoms with van der Waals surface area (Å²) >= 11 is 0. The van der Waals surface area contributed by atoms with Crippen LogP contribution < -0.4 is 10.2 Å². The highest BCUT2D eigenvalue weighted by Gasteiger charge is 2.22. The molecule has 1 aliphatic heterocycles. The van der Waals surface area contributed by atoms with E-state index in [1.165, 1.54) is 12.3 Å². The van der Waals surface area contributed by atoms with Gasteiger partial charge < -0.3 is 10.2 Å². The Hall–Kier alpha value is -2.70. The third-order valence-corrected chi connectivity index (χ3v) is 4.32. The zero-order valence-electron chi connectivity index (χ0n) is 13.4. The van der Waals surface area contributed by atoms with Gasteiger partial charge in [0.05, 0.1) is 10.6 Å². The molecular weight excluding hydrogens is 311 g/mol. The van der Waals surface area contributed by atoms with Gasteiger partial charge in [-0.15, -0.1) is 0 Å². The van der Waals surface area contributed by atoms with Crippen LogP contribution in [0.1, 0.15) is 18.4 Å². The molecule has 1 aromatic heterocycles. The van der Waals surface area contributed by atoms with E-state index in [4.69, 9.17) is 0 Å². The Balaban J connectivity index is 1.62. The van der Waals surface area contributed by atoms with E-state index in [1.807, 2.05) is 6.07 Å². The van der Waals surface area contributed by atoms with Gasteiger partial charge in [0.2, 0.25) is 0 Å². The molecule has 0 bridgehead atoms. The van der Waals surface area contributed by atoms with E-state index in [2.05, 4.69) is 15.2 Å². The molecule has 2 heterocycles. The third-order valence-electron chi connectivity index (χ3n) is 4.32. The number of nitrogens with one attached hydrogen (secondary N) is 1. The van der Waals surface area contributed by atoms with Crippen molar-refractivity contribution in [3.63, 3.8) is 0 Å². The maximum atomic E-state index is 13.7. The molecule has 7 heteroatoms. The predicted octanol–water partition coefficient (Wildman–Crippen LogP) is 3.52. The van der Waals surface area contributed by atoms with Crippen LogP contribution in [0.5, 0.6) is 0 Å². The van der Waals surface area contributed by atoms with Crippen LogP contribution in [0, 0.1) is 22.9 Å². The van der Waals surface area contributed by atoms with E-state index < -0.39 is 4.92 Å². The first-order chi connectivity index (χ1) is 11.5. The summed E-state index contributed by atoms with van der Waals surface area (Å²) in [6.07, 6.45) is 3.02. The Morgan fingerprint density at radius 3 is 2.67 bits per heavy atom. The average Bonchev–Trinajstić information content (AvgIpc) is 2.57. The molecule has 24 heavy (non-hydrogen) atoms. The quantitative estimate of drug-likeness (QED) is 0.686. The number of benzene rings is 1. The predicted molar refractivity (Wildman–Crippen MR) is 90.9 cm³/mol. The lowest BCUT2D eigenvalue weighted by Gasteiger charge is -2.33. The number of anilines is 2. The Kier molecular flexibility index (Phi) is 4.59. The summed E-state index contributed by atoms with van der Waals surface area (Å²) < 4.78 is 13.7. The van der Waals surface area contributed by atoms with Crippen molar-refractivity contribution < 1.29 is 9.31 Å². The molecule has 3 rings (SSSR count). The van der Waals surface area contributed by atoms with Crippen LogP contribution in [-0.2, 0) is 0 Å². The number of para-hydroxylation sites is 1. The second-order valence-corrected chi connectivity index (χ2v) is 5.97. The van der Waals surface area contributed by atoms with Crippen molar-refractivity contribution in [3.05, 3.63) is 58.0 Å². The molecule has 1 aliphatic rings. The lowest BCUT2D eigenvalue weighted by molar-refractivity contribution is -0.385. The van der Waals surface area contributed by atoms with Gasteiger partial charge in [0.25, 0.3) is 5.69 Å². The zero-order valence-corrected chi connectivity index (χ0v) is 13.4. The summed E-state index contributed by atoms with van der Waals surface area (Å²) in [6.45, 7) is 3.27. The number of nitrogens with zero attached hydrogens (tertiary/aromatic N) is 3. The molecule has 0 saturated carbocycles. The summed E-state index contributed by atoms with van der Waals surface area (Å²) in [7, 11) is 0. The lowest BCUT2D eigenvalue weighted by Crippen LogP contribution is -2.39. The number of nitro groups is 1. The molecule has 1 fully saturated rings. The molecule has 0 radical (unpaired) electrons. The van der Waals surface area contributed by atoms with Crippen molar-refractivity contribution in [3.8, 4) is 0 Å². The molecule has 0 atom stereocenters. The van der Waals surface area contributed by atoms with E-state index in [9.17, 15) is 14.5 Å². The molecule has 0 unspecified atom stereocenters. The summed E-state index contributed by atoms with van der Waals surface area (Å²) in [5, 5.41) is 14.1. The van der Waals surface area contributed by atoms with Gasteiger partial charge in [-0.1, -0.05) is 12.1 Å². The molecule has 6 nitrogen and oxygen atoms in total. The Morgan fingerprint density at radius 1 is 1.33 bits per heavy atom. The maximum absolute atomic E-state index is 13.7. The van der Waals surface area contributed by atoms with Gasteiger partial charge in [-0.2, -0.15) is 0 Å². The number of rotatable bonds is 4. The summed E-state index contributed by atoms with van der Waals surface area (Å²) in [6, 6.07) is 8.63. The molecule has 0 spiro atoms. The minimum atomic E-state index is -0.420. The smallest absolute Gasteiger partial charge is 0.290 e. The summed E-state index contributed by atoms with van der Waals surface area (Å²) in [5.41, 5.74) is 1.17. The van der Waals surface area contributed by atoms with Crippen molar-refractivity contribution in [2.75, 3.05) is 23.3 Å². The standard InChI is InChI=1S/C17H19FN4O2/c1-12-10-17(19-11-16(12)22(23)24)21-8-6-13(7-9-21)20-15-5-3-2-4-14(15)18/h2-5,10-11,13,20H,6-9H2,1H3. The number of hydrogen-bond acceptors (Lipinski definition) is 5. The molecule has 2 aromatic rings. The molecule has 1 N–H and O–H groups in total. The van der Waals surface area contributed by atoms with Crippen LogP contribution in [0.3, 0.4) is 0 Å². The summed E-state index contributed by atoms with van der Waals surface area (Å²) in [5.74, 6) is 0.509. The highest BCUT2D eigenvalue weighted by atomic mass is 19.1. The van der Waals surface area contributed by atoms with Crippen molar-refractivity contribution in [2.24, 2.45) is 0 Å². The highest BCUT2D eigenvalue weighted by molar-refractivity contribution is 5.49. The van der Waals surface area contributed by atoms with E-state index in [1.54, 1.807) is 25.1 Å². The van der Waals surface area contributed by atoms with Crippen molar-refractivity contribution in [2.45, 2.75) is 25.8 Å². The van der Waals surface area contributed by atoms with E-state index in [-0.39, 0.29) is 17.5 Å². The fourth-order valence-electron chi connectivity index (χ4n) is 2.95. The van der Waals surface area contributed by atoms with E-state index in [0.717, 1.165) is 31.7 Å². The molecule has 0 amide bonds. The number of piperidine rings is 1. The Labute approximate surface area is 139 Å². The Bertz CT molecular complexity index is 745. The number of halogens is 1. The molecule has 1 saturated heterocycles. The van der Waals surface area contributed by atoms with E-state index >= 15 is 0 Å². The van der Waals surface area contributed by atoms with Gasteiger partial charge in [0.1, 0.15) is 17.8 Å². The molecular formula is C17H19FN4O2. The van der Waals surface area contributed by atoms with Crippen molar-refractivity contribution in [1.82, 2.24) is 4.98 Å². The minimum absolute atomic E-state index is 0.0369. The lowest BCUT2D eigenvalue weighted by atomic mass is 10.0. The zero-order chi connectivity index (χ0) is 17.1. The van der Waals surface area contributed by atoms with Gasteiger partial charge >= 0.3 is 0 Å².